The summed E-state index contributed by atoms with van der Waals surface area (Å²) in [5, 5.41) is 0. The smallest absolute Gasteiger partial charge is 0.143 e. The molecular formula is C14H19BrFN3O. The maximum atomic E-state index is 13.1. The summed E-state index contributed by atoms with van der Waals surface area (Å²) < 4.78 is 19.3. The van der Waals surface area contributed by atoms with Gasteiger partial charge in [-0.15, -0.1) is 0 Å². The minimum Gasteiger partial charge on any atom is -0.379 e. The molecule has 0 N–H and O–H groups in total. The third kappa shape index (κ3) is 2.82. The van der Waals surface area contributed by atoms with Crippen molar-refractivity contribution in [2.24, 2.45) is 5.92 Å². The molecule has 4 nitrogen and oxygen atoms in total. The van der Waals surface area contributed by atoms with Crippen molar-refractivity contribution in [3.8, 4) is 0 Å². The molecule has 0 aromatic carbocycles. The largest absolute Gasteiger partial charge is 0.379 e. The van der Waals surface area contributed by atoms with Crippen LogP contribution in [0.5, 0.6) is 0 Å². The van der Waals surface area contributed by atoms with Gasteiger partial charge in [0.05, 0.1) is 23.9 Å². The number of ether oxygens (including phenoxy) is 1. The van der Waals surface area contributed by atoms with E-state index in [0.717, 1.165) is 49.7 Å². The van der Waals surface area contributed by atoms with Crippen molar-refractivity contribution in [3.63, 3.8) is 0 Å². The van der Waals surface area contributed by atoms with Gasteiger partial charge in [-0.25, -0.2) is 9.37 Å². The SMILES string of the molecule is CC1CN(c2ncc(F)cc2Br)CC1N1CCOCC1. The van der Waals surface area contributed by atoms with Gasteiger partial charge in [-0.3, -0.25) is 4.90 Å². The van der Waals surface area contributed by atoms with Gasteiger partial charge in [0.25, 0.3) is 0 Å². The molecule has 2 aliphatic rings. The highest BCUT2D eigenvalue weighted by molar-refractivity contribution is 9.10. The van der Waals surface area contributed by atoms with Crippen molar-refractivity contribution in [1.29, 1.82) is 0 Å². The lowest BCUT2D eigenvalue weighted by molar-refractivity contribution is 0.0134. The first-order chi connectivity index (χ1) is 9.65. The van der Waals surface area contributed by atoms with Crippen LogP contribution < -0.4 is 4.90 Å². The average molecular weight is 344 g/mol. The van der Waals surface area contributed by atoms with E-state index in [2.05, 4.69) is 37.6 Å². The van der Waals surface area contributed by atoms with E-state index < -0.39 is 0 Å². The number of nitrogens with zero attached hydrogens (tertiary/aromatic N) is 3. The summed E-state index contributed by atoms with van der Waals surface area (Å²) >= 11 is 3.42. The summed E-state index contributed by atoms with van der Waals surface area (Å²) in [6.45, 7) is 7.82. The van der Waals surface area contributed by atoms with Gasteiger partial charge < -0.3 is 9.64 Å². The molecule has 0 amide bonds. The summed E-state index contributed by atoms with van der Waals surface area (Å²) in [4.78, 5) is 8.98. The molecule has 0 spiro atoms. The summed E-state index contributed by atoms with van der Waals surface area (Å²) in [5.74, 6) is 1.11. The van der Waals surface area contributed by atoms with Gasteiger partial charge in [-0.2, -0.15) is 0 Å². The monoisotopic (exact) mass is 343 g/mol. The van der Waals surface area contributed by atoms with Crippen LogP contribution in [-0.2, 0) is 4.74 Å². The first-order valence-corrected chi connectivity index (χ1v) is 7.82. The normalized spacial score (nSPS) is 28.1. The van der Waals surface area contributed by atoms with Crippen LogP contribution in [0.3, 0.4) is 0 Å². The van der Waals surface area contributed by atoms with Crippen molar-refractivity contribution in [1.82, 2.24) is 9.88 Å². The molecule has 0 aliphatic carbocycles. The highest BCUT2D eigenvalue weighted by Crippen LogP contribution is 2.31. The Morgan fingerprint density at radius 3 is 2.80 bits per heavy atom. The summed E-state index contributed by atoms with van der Waals surface area (Å²) in [7, 11) is 0. The molecule has 2 fully saturated rings. The number of halogens is 2. The van der Waals surface area contributed by atoms with Crippen molar-refractivity contribution in [3.05, 3.63) is 22.6 Å². The van der Waals surface area contributed by atoms with Gasteiger partial charge >= 0.3 is 0 Å². The molecular weight excluding hydrogens is 325 g/mol. The Kier molecular flexibility index (Phi) is 4.23. The predicted octanol–water partition coefficient (Wildman–Crippen LogP) is 2.14. The van der Waals surface area contributed by atoms with Gasteiger partial charge in [0.1, 0.15) is 11.6 Å². The van der Waals surface area contributed by atoms with Crippen LogP contribution in [0.15, 0.2) is 16.7 Å². The van der Waals surface area contributed by atoms with Crippen molar-refractivity contribution in [2.45, 2.75) is 13.0 Å². The molecule has 20 heavy (non-hydrogen) atoms. The van der Waals surface area contributed by atoms with Crippen LogP contribution >= 0.6 is 15.9 Å². The Hall–Kier alpha value is -0.720. The Morgan fingerprint density at radius 2 is 2.10 bits per heavy atom. The number of rotatable bonds is 2. The number of hydrogen-bond acceptors (Lipinski definition) is 4. The molecule has 2 unspecified atom stereocenters. The van der Waals surface area contributed by atoms with E-state index in [1.807, 2.05) is 0 Å². The van der Waals surface area contributed by atoms with Gasteiger partial charge in [-0.05, 0) is 27.9 Å². The topological polar surface area (TPSA) is 28.6 Å². The Morgan fingerprint density at radius 1 is 1.35 bits per heavy atom. The average Bonchev–Trinajstić information content (AvgIpc) is 2.81. The van der Waals surface area contributed by atoms with Crippen LogP contribution in [0.4, 0.5) is 10.2 Å². The van der Waals surface area contributed by atoms with E-state index in [9.17, 15) is 4.39 Å². The molecule has 2 saturated heterocycles. The molecule has 0 saturated carbocycles. The summed E-state index contributed by atoms with van der Waals surface area (Å²) in [5.41, 5.74) is 0. The van der Waals surface area contributed by atoms with E-state index in [0.29, 0.717) is 12.0 Å². The third-order valence-electron chi connectivity index (χ3n) is 4.18. The van der Waals surface area contributed by atoms with E-state index in [4.69, 9.17) is 4.74 Å². The molecule has 1 aromatic heterocycles. The van der Waals surface area contributed by atoms with Gasteiger partial charge in [0.15, 0.2) is 0 Å². The van der Waals surface area contributed by atoms with Gasteiger partial charge in [-0.1, -0.05) is 6.92 Å². The zero-order valence-electron chi connectivity index (χ0n) is 11.6. The van der Waals surface area contributed by atoms with Crippen molar-refractivity contribution in [2.75, 3.05) is 44.3 Å². The maximum Gasteiger partial charge on any atom is 0.143 e. The highest BCUT2D eigenvalue weighted by atomic mass is 79.9. The zero-order chi connectivity index (χ0) is 14.1. The van der Waals surface area contributed by atoms with Crippen molar-refractivity contribution < 1.29 is 9.13 Å². The molecule has 6 heteroatoms. The quantitative estimate of drug-likeness (QED) is 0.822. The van der Waals surface area contributed by atoms with Gasteiger partial charge in [0, 0.05) is 32.2 Å². The number of morpholine rings is 1. The Bertz CT molecular complexity index is 481. The Labute approximate surface area is 127 Å². The molecule has 2 aliphatic heterocycles. The van der Waals surface area contributed by atoms with Gasteiger partial charge in [0.2, 0.25) is 0 Å². The lowest BCUT2D eigenvalue weighted by atomic mass is 10.0. The molecule has 3 rings (SSSR count). The fraction of sp³-hybridized carbons (Fsp3) is 0.643. The van der Waals surface area contributed by atoms with Crippen molar-refractivity contribution >= 4 is 21.7 Å². The standard InChI is InChI=1S/C14H19BrFN3O/c1-10-8-19(14-12(15)6-11(16)7-17-14)9-13(10)18-2-4-20-5-3-18/h6-7,10,13H,2-5,8-9H2,1H3. The number of aromatic nitrogens is 1. The van der Waals surface area contributed by atoms with Crippen LogP contribution in [0, 0.1) is 11.7 Å². The van der Waals surface area contributed by atoms with E-state index in [1.54, 1.807) is 0 Å². The lowest BCUT2D eigenvalue weighted by Crippen LogP contribution is -2.46. The molecule has 2 atom stereocenters. The van der Waals surface area contributed by atoms with E-state index >= 15 is 0 Å². The Balaban J connectivity index is 1.73. The molecule has 3 heterocycles. The molecule has 110 valence electrons. The third-order valence-corrected chi connectivity index (χ3v) is 4.76. The first-order valence-electron chi connectivity index (χ1n) is 7.03. The highest BCUT2D eigenvalue weighted by Gasteiger charge is 2.35. The fourth-order valence-electron chi connectivity index (χ4n) is 3.15. The van der Waals surface area contributed by atoms with Crippen LogP contribution in [0.2, 0.25) is 0 Å². The molecule has 1 aromatic rings. The van der Waals surface area contributed by atoms with Crippen LogP contribution in [0.1, 0.15) is 6.92 Å². The molecule has 0 radical (unpaired) electrons. The first kappa shape index (κ1) is 14.2. The minimum atomic E-state index is -0.308. The number of hydrogen-bond donors (Lipinski definition) is 0. The van der Waals surface area contributed by atoms with E-state index in [-0.39, 0.29) is 5.82 Å². The summed E-state index contributed by atoms with van der Waals surface area (Å²) in [6, 6.07) is 2.01. The predicted molar refractivity (Wildman–Crippen MR) is 79.5 cm³/mol. The summed E-state index contributed by atoms with van der Waals surface area (Å²) in [6.07, 6.45) is 1.28. The second-order valence-electron chi connectivity index (χ2n) is 5.56. The number of pyridine rings is 1. The maximum absolute atomic E-state index is 13.1. The second-order valence-corrected chi connectivity index (χ2v) is 6.41. The zero-order valence-corrected chi connectivity index (χ0v) is 13.1. The van der Waals surface area contributed by atoms with Crippen LogP contribution in [-0.4, -0.2) is 55.3 Å². The number of anilines is 1. The van der Waals surface area contributed by atoms with Crippen LogP contribution in [0.25, 0.3) is 0 Å². The lowest BCUT2D eigenvalue weighted by Gasteiger charge is -2.34. The van der Waals surface area contributed by atoms with E-state index in [1.165, 1.54) is 12.3 Å². The minimum absolute atomic E-state index is 0.308. The molecule has 0 bridgehead atoms. The fourth-order valence-corrected chi connectivity index (χ4v) is 3.72. The second kappa shape index (κ2) is 5.95.